The zero-order chi connectivity index (χ0) is 10.8. The van der Waals surface area contributed by atoms with Crippen LogP contribution in [-0.2, 0) is 4.74 Å². The Morgan fingerprint density at radius 3 is 2.79 bits per heavy atom. The van der Waals surface area contributed by atoms with E-state index in [-0.39, 0.29) is 6.04 Å². The van der Waals surface area contributed by atoms with Crippen molar-refractivity contribution in [1.82, 2.24) is 4.90 Å². The number of carbonyl (C=O) groups excluding carboxylic acids is 1. The predicted molar refractivity (Wildman–Crippen MR) is 54.8 cm³/mol. The van der Waals surface area contributed by atoms with Crippen LogP contribution in [0.25, 0.3) is 0 Å². The van der Waals surface area contributed by atoms with Gasteiger partial charge in [-0.15, -0.1) is 11.8 Å². The number of carbonyl (C=O) groups is 1. The molecule has 1 saturated heterocycles. The molecular weight excluding hydrogens is 200 g/mol. The summed E-state index contributed by atoms with van der Waals surface area (Å²) in [5.41, 5.74) is -0.496. The smallest absolute Gasteiger partial charge is 0.412 e. The molecule has 14 heavy (non-hydrogen) atoms. The average Bonchev–Trinajstić information content (AvgIpc) is 2.47. The topological polar surface area (TPSA) is 53.3 Å². The molecule has 1 aliphatic rings. The molecule has 0 aromatic carbocycles. The molecule has 1 unspecified atom stereocenters. The van der Waals surface area contributed by atoms with Gasteiger partial charge in [-0.1, -0.05) is 0 Å². The van der Waals surface area contributed by atoms with Crippen LogP contribution in [0.5, 0.6) is 0 Å². The van der Waals surface area contributed by atoms with Crippen molar-refractivity contribution >= 4 is 17.9 Å². The van der Waals surface area contributed by atoms with Crippen molar-refractivity contribution in [3.8, 4) is 6.07 Å². The molecule has 1 aliphatic heterocycles. The van der Waals surface area contributed by atoms with Gasteiger partial charge in [0, 0.05) is 5.75 Å². The molecule has 0 saturated carbocycles. The van der Waals surface area contributed by atoms with Gasteiger partial charge < -0.3 is 4.74 Å². The van der Waals surface area contributed by atoms with Crippen molar-refractivity contribution in [3.05, 3.63) is 0 Å². The van der Waals surface area contributed by atoms with E-state index in [9.17, 15) is 4.79 Å². The largest absolute Gasteiger partial charge is 0.444 e. The molecule has 4 nitrogen and oxygen atoms in total. The van der Waals surface area contributed by atoms with E-state index in [0.717, 1.165) is 0 Å². The molecule has 1 rings (SSSR count). The number of amides is 1. The maximum Gasteiger partial charge on any atom is 0.412 e. The number of thioether (sulfide) groups is 1. The quantitative estimate of drug-likeness (QED) is 0.617. The summed E-state index contributed by atoms with van der Waals surface area (Å²) in [5.74, 6) is 1.23. The number of nitriles is 1. The Kier molecular flexibility index (Phi) is 3.27. The van der Waals surface area contributed by atoms with E-state index < -0.39 is 11.7 Å². The van der Waals surface area contributed by atoms with Gasteiger partial charge in [0.1, 0.15) is 11.6 Å². The van der Waals surface area contributed by atoms with Gasteiger partial charge >= 0.3 is 6.09 Å². The number of hydrogen-bond acceptors (Lipinski definition) is 4. The summed E-state index contributed by atoms with van der Waals surface area (Å²) >= 11 is 1.57. The van der Waals surface area contributed by atoms with Crippen LogP contribution in [-0.4, -0.2) is 34.3 Å². The molecule has 0 aromatic heterocycles. The minimum Gasteiger partial charge on any atom is -0.444 e. The fraction of sp³-hybridized carbons (Fsp3) is 0.778. The summed E-state index contributed by atoms with van der Waals surface area (Å²) in [7, 11) is 0. The monoisotopic (exact) mass is 214 g/mol. The van der Waals surface area contributed by atoms with Crippen molar-refractivity contribution in [3.63, 3.8) is 0 Å². The zero-order valence-electron chi connectivity index (χ0n) is 8.61. The minimum absolute atomic E-state index is 0.338. The van der Waals surface area contributed by atoms with Gasteiger partial charge in [-0.3, -0.25) is 4.90 Å². The molecule has 0 bridgehead atoms. The van der Waals surface area contributed by atoms with E-state index in [1.807, 2.05) is 20.8 Å². The van der Waals surface area contributed by atoms with Crippen molar-refractivity contribution in [2.24, 2.45) is 0 Å². The maximum absolute atomic E-state index is 11.6. The van der Waals surface area contributed by atoms with Gasteiger partial charge in [0.25, 0.3) is 0 Å². The first-order valence-corrected chi connectivity index (χ1v) is 5.56. The molecule has 1 amide bonds. The highest BCUT2D eigenvalue weighted by Crippen LogP contribution is 2.22. The van der Waals surface area contributed by atoms with Crippen LogP contribution < -0.4 is 0 Å². The molecule has 1 heterocycles. The van der Waals surface area contributed by atoms with E-state index in [1.165, 1.54) is 4.90 Å². The summed E-state index contributed by atoms with van der Waals surface area (Å²) in [6.07, 6.45) is -0.394. The molecule has 0 spiro atoms. The summed E-state index contributed by atoms with van der Waals surface area (Å²) in [4.78, 5) is 13.0. The van der Waals surface area contributed by atoms with Crippen molar-refractivity contribution in [1.29, 1.82) is 5.26 Å². The second-order valence-corrected chi connectivity index (χ2v) is 5.09. The lowest BCUT2D eigenvalue weighted by Crippen LogP contribution is -2.39. The van der Waals surface area contributed by atoms with Crippen LogP contribution in [0.1, 0.15) is 20.8 Å². The predicted octanol–water partition coefficient (Wildman–Crippen LogP) is 1.82. The van der Waals surface area contributed by atoms with Crippen LogP contribution in [0.3, 0.4) is 0 Å². The average molecular weight is 214 g/mol. The van der Waals surface area contributed by atoms with Crippen molar-refractivity contribution < 1.29 is 9.53 Å². The normalized spacial score (nSPS) is 21.9. The van der Waals surface area contributed by atoms with Gasteiger partial charge in [-0.25, -0.2) is 4.79 Å². The first-order chi connectivity index (χ1) is 6.44. The third kappa shape index (κ3) is 2.81. The fourth-order valence-electron chi connectivity index (χ4n) is 1.05. The van der Waals surface area contributed by atoms with E-state index in [0.29, 0.717) is 11.6 Å². The third-order valence-electron chi connectivity index (χ3n) is 1.66. The van der Waals surface area contributed by atoms with Crippen LogP contribution >= 0.6 is 11.8 Å². The lowest BCUT2D eigenvalue weighted by atomic mass is 10.2. The standard InChI is InChI=1S/C9H14N2O2S/c1-9(2,3)13-8(12)11-6-14-5-7(11)4-10/h7H,5-6H2,1-3H3. The molecule has 5 heteroatoms. The molecule has 0 N–H and O–H groups in total. The number of rotatable bonds is 0. The van der Waals surface area contributed by atoms with E-state index in [2.05, 4.69) is 6.07 Å². The molecule has 0 radical (unpaired) electrons. The van der Waals surface area contributed by atoms with Crippen LogP contribution in [0.4, 0.5) is 4.79 Å². The molecule has 78 valence electrons. The highest BCUT2D eigenvalue weighted by molar-refractivity contribution is 7.99. The molecule has 1 atom stereocenters. The highest BCUT2D eigenvalue weighted by atomic mass is 32.2. The Balaban J connectivity index is 2.57. The van der Waals surface area contributed by atoms with Crippen LogP contribution in [0, 0.1) is 11.3 Å². The first kappa shape index (κ1) is 11.2. The third-order valence-corrected chi connectivity index (χ3v) is 2.67. The van der Waals surface area contributed by atoms with Crippen LogP contribution in [0.15, 0.2) is 0 Å². The summed E-state index contributed by atoms with van der Waals surface area (Å²) in [6.45, 7) is 5.44. The number of hydrogen-bond donors (Lipinski definition) is 0. The Hall–Kier alpha value is -0.890. The van der Waals surface area contributed by atoms with Crippen molar-refractivity contribution in [2.45, 2.75) is 32.4 Å². The lowest BCUT2D eigenvalue weighted by Gasteiger charge is -2.25. The second kappa shape index (κ2) is 4.09. The van der Waals surface area contributed by atoms with E-state index >= 15 is 0 Å². The van der Waals surface area contributed by atoms with Gasteiger partial charge in [0.2, 0.25) is 0 Å². The Bertz CT molecular complexity index is 267. The molecule has 0 aromatic rings. The van der Waals surface area contributed by atoms with Crippen molar-refractivity contribution in [2.75, 3.05) is 11.6 Å². The van der Waals surface area contributed by atoms with Gasteiger partial charge in [-0.05, 0) is 20.8 Å². The van der Waals surface area contributed by atoms with E-state index in [1.54, 1.807) is 11.8 Å². The summed E-state index contributed by atoms with van der Waals surface area (Å²) < 4.78 is 5.18. The Labute approximate surface area is 88.2 Å². The molecular formula is C9H14N2O2S. The molecule has 0 aliphatic carbocycles. The minimum atomic E-state index is -0.496. The SMILES string of the molecule is CC(C)(C)OC(=O)N1CSCC1C#N. The highest BCUT2D eigenvalue weighted by Gasteiger charge is 2.32. The first-order valence-electron chi connectivity index (χ1n) is 4.41. The number of ether oxygens (including phenoxy) is 1. The summed E-state index contributed by atoms with van der Waals surface area (Å²) in [6, 6.07) is 1.75. The zero-order valence-corrected chi connectivity index (χ0v) is 9.43. The Morgan fingerprint density at radius 1 is 1.64 bits per heavy atom. The second-order valence-electron chi connectivity index (χ2n) is 4.09. The van der Waals surface area contributed by atoms with E-state index in [4.69, 9.17) is 10.00 Å². The van der Waals surface area contributed by atoms with Gasteiger partial charge in [0.05, 0.1) is 11.9 Å². The molecule has 1 fully saturated rings. The van der Waals surface area contributed by atoms with Gasteiger partial charge in [-0.2, -0.15) is 5.26 Å². The fourth-order valence-corrected chi connectivity index (χ4v) is 2.12. The maximum atomic E-state index is 11.6. The summed E-state index contributed by atoms with van der Waals surface area (Å²) in [5, 5.41) is 8.77. The van der Waals surface area contributed by atoms with Crippen LogP contribution in [0.2, 0.25) is 0 Å². The van der Waals surface area contributed by atoms with Gasteiger partial charge in [0.15, 0.2) is 0 Å². The number of nitrogens with zero attached hydrogens (tertiary/aromatic N) is 2. The lowest BCUT2D eigenvalue weighted by molar-refractivity contribution is 0.0273. The Morgan fingerprint density at radius 2 is 2.29 bits per heavy atom.